The number of nitrogens with two attached hydrogens (primary N) is 1. The maximum Gasteiger partial charge on any atom is 0.131 e. The minimum absolute atomic E-state index is 0.374. The summed E-state index contributed by atoms with van der Waals surface area (Å²) in [6.45, 7) is 7.05. The van der Waals surface area contributed by atoms with Crippen LogP contribution in [0.5, 0.6) is 0 Å². The fourth-order valence-corrected chi connectivity index (χ4v) is 1.77. The maximum absolute atomic E-state index is 5.72. The van der Waals surface area contributed by atoms with E-state index in [0.717, 1.165) is 10.3 Å². The molecule has 0 radical (unpaired) electrons. The van der Waals surface area contributed by atoms with Crippen LogP contribution in [0.15, 0.2) is 4.60 Å². The molecule has 0 aliphatic rings. The molecule has 0 saturated heterocycles. The molecule has 0 bridgehead atoms. The summed E-state index contributed by atoms with van der Waals surface area (Å²) in [5.74, 6) is 0.912. The van der Waals surface area contributed by atoms with E-state index in [1.807, 2.05) is 6.92 Å². The number of halogens is 1. The van der Waals surface area contributed by atoms with Crippen LogP contribution < -0.4 is 5.73 Å². The molecule has 1 rings (SSSR count). The zero-order chi connectivity index (χ0) is 10.0. The molecule has 1 aromatic heterocycles. The molecule has 1 heterocycles. The second-order valence-corrected chi connectivity index (χ2v) is 4.39. The Morgan fingerprint density at radius 2 is 2.15 bits per heavy atom. The first-order chi connectivity index (χ1) is 6.07. The van der Waals surface area contributed by atoms with Gasteiger partial charge in [0.1, 0.15) is 4.60 Å². The van der Waals surface area contributed by atoms with Crippen molar-refractivity contribution in [1.82, 2.24) is 10.2 Å². The Labute approximate surface area is 87.2 Å². The summed E-state index contributed by atoms with van der Waals surface area (Å²) in [6, 6.07) is 0. The summed E-state index contributed by atoms with van der Waals surface area (Å²) in [4.78, 5) is 0. The Hall–Kier alpha value is -0.350. The van der Waals surface area contributed by atoms with Crippen molar-refractivity contribution >= 4 is 15.9 Å². The first kappa shape index (κ1) is 10.7. The van der Waals surface area contributed by atoms with Crippen molar-refractivity contribution in [2.24, 2.45) is 11.7 Å². The van der Waals surface area contributed by atoms with E-state index in [2.05, 4.69) is 40.0 Å². The fraction of sp³-hybridized carbons (Fsp3) is 0.667. The Kier molecular flexibility index (Phi) is 3.50. The number of aromatic amines is 1. The summed E-state index contributed by atoms with van der Waals surface area (Å²) < 4.78 is 0.890. The predicted octanol–water partition coefficient (Wildman–Crippen LogP) is 2.18. The predicted molar refractivity (Wildman–Crippen MR) is 57.7 cm³/mol. The molecule has 3 N–H and O–H groups in total. The number of H-pyrrole nitrogens is 1. The van der Waals surface area contributed by atoms with Crippen LogP contribution in [0.25, 0.3) is 0 Å². The molecule has 4 heteroatoms. The van der Waals surface area contributed by atoms with Gasteiger partial charge >= 0.3 is 0 Å². The largest absolute Gasteiger partial charge is 0.330 e. The van der Waals surface area contributed by atoms with Crippen LogP contribution in [0, 0.1) is 12.8 Å². The smallest absolute Gasteiger partial charge is 0.131 e. The highest BCUT2D eigenvalue weighted by atomic mass is 79.9. The third kappa shape index (κ3) is 2.11. The second-order valence-electron chi connectivity index (χ2n) is 3.64. The van der Waals surface area contributed by atoms with E-state index in [4.69, 9.17) is 5.73 Å². The van der Waals surface area contributed by atoms with Gasteiger partial charge in [0.15, 0.2) is 0 Å². The molecule has 3 nitrogen and oxygen atoms in total. The summed E-state index contributed by atoms with van der Waals surface area (Å²) >= 11 is 3.38. The fourth-order valence-electron chi connectivity index (χ4n) is 1.47. The number of nitrogens with one attached hydrogen (secondary N) is 1. The summed E-state index contributed by atoms with van der Waals surface area (Å²) in [5.41, 5.74) is 8.05. The first-order valence-electron chi connectivity index (χ1n) is 4.48. The van der Waals surface area contributed by atoms with Crippen LogP contribution in [0.4, 0.5) is 0 Å². The Bertz CT molecular complexity index is 280. The lowest BCUT2D eigenvalue weighted by Gasteiger charge is -2.17. The Balaban J connectivity index is 2.98. The molecule has 0 fully saturated rings. The molecule has 0 aliphatic carbocycles. The van der Waals surface area contributed by atoms with Crippen molar-refractivity contribution < 1.29 is 0 Å². The van der Waals surface area contributed by atoms with Gasteiger partial charge in [-0.15, -0.1) is 0 Å². The van der Waals surface area contributed by atoms with Crippen molar-refractivity contribution in [3.8, 4) is 0 Å². The summed E-state index contributed by atoms with van der Waals surface area (Å²) in [7, 11) is 0. The molecule has 0 aliphatic heterocycles. The van der Waals surface area contributed by atoms with Crippen LogP contribution in [0.1, 0.15) is 31.0 Å². The molecule has 1 aromatic rings. The van der Waals surface area contributed by atoms with Gasteiger partial charge < -0.3 is 5.73 Å². The zero-order valence-corrected chi connectivity index (χ0v) is 9.85. The van der Waals surface area contributed by atoms with Crippen molar-refractivity contribution in [1.29, 1.82) is 0 Å². The topological polar surface area (TPSA) is 54.7 Å². The monoisotopic (exact) mass is 245 g/mol. The lowest BCUT2D eigenvalue weighted by Crippen LogP contribution is -2.19. The normalized spacial score (nSPS) is 13.7. The van der Waals surface area contributed by atoms with E-state index in [9.17, 15) is 0 Å². The zero-order valence-electron chi connectivity index (χ0n) is 8.26. The average Bonchev–Trinajstić information content (AvgIpc) is 2.37. The molecule has 1 unspecified atom stereocenters. The van der Waals surface area contributed by atoms with Gasteiger partial charge in [-0.25, -0.2) is 0 Å². The average molecular weight is 246 g/mol. The number of hydrogen-bond donors (Lipinski definition) is 2. The number of rotatable bonds is 3. The van der Waals surface area contributed by atoms with Gasteiger partial charge in [0, 0.05) is 23.7 Å². The van der Waals surface area contributed by atoms with E-state index < -0.39 is 0 Å². The van der Waals surface area contributed by atoms with Gasteiger partial charge in [-0.1, -0.05) is 13.8 Å². The molecular weight excluding hydrogens is 230 g/mol. The molecule has 74 valence electrons. The highest BCUT2D eigenvalue weighted by Gasteiger charge is 2.19. The van der Waals surface area contributed by atoms with Crippen LogP contribution in [-0.2, 0) is 0 Å². The minimum Gasteiger partial charge on any atom is -0.330 e. The van der Waals surface area contributed by atoms with Crippen LogP contribution in [0.3, 0.4) is 0 Å². The lowest BCUT2D eigenvalue weighted by atomic mass is 9.91. The summed E-state index contributed by atoms with van der Waals surface area (Å²) in [6.07, 6.45) is 0. The van der Waals surface area contributed by atoms with E-state index in [-0.39, 0.29) is 0 Å². The number of nitrogens with zero attached hydrogens (tertiary/aromatic N) is 1. The van der Waals surface area contributed by atoms with E-state index in [1.165, 1.54) is 5.56 Å². The molecule has 13 heavy (non-hydrogen) atoms. The highest BCUT2D eigenvalue weighted by molar-refractivity contribution is 9.10. The summed E-state index contributed by atoms with van der Waals surface area (Å²) in [5, 5.41) is 7.13. The van der Waals surface area contributed by atoms with Crippen LogP contribution >= 0.6 is 15.9 Å². The number of aromatic nitrogens is 2. The van der Waals surface area contributed by atoms with Crippen molar-refractivity contribution in [3.63, 3.8) is 0 Å². The lowest BCUT2D eigenvalue weighted by molar-refractivity contribution is 0.493. The van der Waals surface area contributed by atoms with E-state index in [0.29, 0.717) is 18.4 Å². The second kappa shape index (κ2) is 4.24. The van der Waals surface area contributed by atoms with Gasteiger partial charge in [-0.05, 0) is 28.8 Å². The van der Waals surface area contributed by atoms with Crippen molar-refractivity contribution in [3.05, 3.63) is 15.9 Å². The van der Waals surface area contributed by atoms with Gasteiger partial charge in [0.05, 0.1) is 0 Å². The minimum atomic E-state index is 0.374. The molecule has 0 aromatic carbocycles. The quantitative estimate of drug-likeness (QED) is 0.858. The van der Waals surface area contributed by atoms with Crippen LogP contribution in [0.2, 0.25) is 0 Å². The maximum atomic E-state index is 5.72. The van der Waals surface area contributed by atoms with E-state index in [1.54, 1.807) is 0 Å². The Morgan fingerprint density at radius 1 is 1.54 bits per heavy atom. The van der Waals surface area contributed by atoms with Gasteiger partial charge in [-0.3, -0.25) is 5.10 Å². The Morgan fingerprint density at radius 3 is 2.46 bits per heavy atom. The van der Waals surface area contributed by atoms with Crippen molar-refractivity contribution in [2.45, 2.75) is 26.7 Å². The molecule has 0 amide bonds. The molecule has 1 atom stereocenters. The first-order valence-corrected chi connectivity index (χ1v) is 5.27. The number of hydrogen-bond acceptors (Lipinski definition) is 2. The van der Waals surface area contributed by atoms with E-state index >= 15 is 0 Å². The third-order valence-electron chi connectivity index (χ3n) is 2.42. The molecule has 0 saturated carbocycles. The molecular formula is C9H16BrN3. The van der Waals surface area contributed by atoms with Gasteiger partial charge in [0.25, 0.3) is 0 Å². The van der Waals surface area contributed by atoms with Gasteiger partial charge in [-0.2, -0.15) is 5.10 Å². The van der Waals surface area contributed by atoms with Crippen molar-refractivity contribution in [2.75, 3.05) is 6.54 Å². The standard InChI is InChI=1S/C9H16BrN3/c1-5(2)7(4-11)8-6(3)9(10)13-12-8/h5,7H,4,11H2,1-3H3,(H,12,13). The van der Waals surface area contributed by atoms with Gasteiger partial charge in [0.2, 0.25) is 0 Å². The van der Waals surface area contributed by atoms with Crippen LogP contribution in [-0.4, -0.2) is 16.7 Å². The third-order valence-corrected chi connectivity index (χ3v) is 3.19. The SMILES string of the molecule is Cc1c(Br)n[nH]c1C(CN)C(C)C. The highest BCUT2D eigenvalue weighted by Crippen LogP contribution is 2.27. The molecule has 0 spiro atoms.